The molecule has 0 saturated heterocycles. The van der Waals surface area contributed by atoms with Gasteiger partial charge in [-0.1, -0.05) is 59.4 Å². The number of carbonyl (C=O) groups is 4. The summed E-state index contributed by atoms with van der Waals surface area (Å²) in [5.74, 6) is 0. The average Bonchev–Trinajstić information content (AvgIpc) is 2.89. The summed E-state index contributed by atoms with van der Waals surface area (Å²) in [5.41, 5.74) is 0. The predicted molar refractivity (Wildman–Crippen MR) is 172 cm³/mol. The lowest BCUT2D eigenvalue weighted by Gasteiger charge is -2.05. The van der Waals surface area contributed by atoms with Gasteiger partial charge in [0, 0.05) is 14.1 Å². The normalized spacial score (nSPS) is 5.91. The summed E-state index contributed by atoms with van der Waals surface area (Å²) >= 11 is 0. The smallest absolute Gasteiger partial charge is 0.408 e. The van der Waals surface area contributed by atoms with Gasteiger partial charge >= 0.3 is 24.2 Å². The minimum absolute atomic E-state index is 0. The quantitative estimate of drug-likeness (QED) is 0.127. The summed E-state index contributed by atoms with van der Waals surface area (Å²) in [6, 6.07) is -0.664. The average molecular weight is 647 g/mol. The Hall–Kier alpha value is -5.40. The maximum absolute atomic E-state index is 10.5. The second-order valence-electron chi connectivity index (χ2n) is 4.48. The van der Waals surface area contributed by atoms with Gasteiger partial charge in [-0.3, -0.25) is 0 Å². The van der Waals surface area contributed by atoms with Crippen LogP contribution < -0.4 is 31.9 Å². The van der Waals surface area contributed by atoms with Crippen molar-refractivity contribution >= 4 is 48.6 Å². The molecule has 20 nitrogen and oxygen atoms in total. The molecule has 44 heavy (non-hydrogen) atoms. The van der Waals surface area contributed by atoms with E-state index in [1.54, 1.807) is 0 Å². The van der Waals surface area contributed by atoms with E-state index < -0.39 is 12.2 Å². The van der Waals surface area contributed by atoms with E-state index in [0.29, 0.717) is 0 Å². The molecule has 0 saturated carbocycles. The second-order valence-corrected chi connectivity index (χ2v) is 4.48. The summed E-state index contributed by atoms with van der Waals surface area (Å²) in [6.45, 7) is -0.224. The number of amides is 6. The van der Waals surface area contributed by atoms with Gasteiger partial charge in [0.25, 0.3) is 0 Å². The van der Waals surface area contributed by atoms with Gasteiger partial charge in [-0.15, -0.1) is 0 Å². The third kappa shape index (κ3) is 90.8. The molecule has 264 valence electrons. The molecular weight excluding hydrogens is 588 g/mol. The number of nitrogens with one attached hydrogen (secondary N) is 6. The van der Waals surface area contributed by atoms with Crippen LogP contribution in [0.5, 0.6) is 0 Å². The van der Waals surface area contributed by atoms with Crippen LogP contribution in [0.15, 0.2) is 20.0 Å². The Bertz CT molecular complexity index is 704. The van der Waals surface area contributed by atoms with Crippen LogP contribution >= 0.6 is 0 Å². The lowest BCUT2D eigenvalue weighted by molar-refractivity contribution is 0.162. The maximum atomic E-state index is 10.5. The molecule has 6 N–H and O–H groups in total. The van der Waals surface area contributed by atoms with Crippen LogP contribution in [0.4, 0.5) is 19.2 Å². The van der Waals surface area contributed by atoms with Crippen LogP contribution in [0.3, 0.4) is 0 Å². The molecule has 0 aromatic rings. The fourth-order valence-electron chi connectivity index (χ4n) is 0.901. The van der Waals surface area contributed by atoms with E-state index in [2.05, 4.69) is 61.3 Å². The molecule has 0 aliphatic rings. The number of urea groups is 2. The monoisotopic (exact) mass is 646 g/mol. The first kappa shape index (κ1) is 77.1. The van der Waals surface area contributed by atoms with Crippen molar-refractivity contribution in [2.75, 3.05) is 55.0 Å². The number of ether oxygens (including phenoxy) is 2. The van der Waals surface area contributed by atoms with Crippen LogP contribution in [0.2, 0.25) is 0 Å². The molecule has 0 spiro atoms. The van der Waals surface area contributed by atoms with Crippen molar-refractivity contribution in [3.63, 3.8) is 0 Å². The lowest BCUT2D eigenvalue weighted by Crippen LogP contribution is -2.43. The zero-order valence-corrected chi connectivity index (χ0v) is 19.7. The molecule has 0 fully saturated rings. The summed E-state index contributed by atoms with van der Waals surface area (Å²) in [5, 5.41) is 13.9. The van der Waals surface area contributed by atoms with Crippen molar-refractivity contribution in [2.24, 2.45) is 20.0 Å². The molecule has 0 atom stereocenters. The minimum atomic E-state index is -0.610. The summed E-state index contributed by atoms with van der Waals surface area (Å²) in [4.78, 5) is 90.2. The molecule has 0 aliphatic heterocycles. The SMILES string of the molecule is C.C.C.C.C.C.C.C.CNC(=O)NCNC(=O)NC.COC(=O)NCNC(=O)OC.O=C=NCN=C=O.O=C=NCN=C=O. The number of carbonyl (C=O) groups excluding carboxylic acids is 8. The number of alkyl carbamates (subject to hydrolysis) is 2. The topological polar surface area (TPSA) is 277 Å². The van der Waals surface area contributed by atoms with Gasteiger partial charge in [0.15, 0.2) is 13.3 Å². The van der Waals surface area contributed by atoms with Crippen molar-refractivity contribution in [1.82, 2.24) is 31.9 Å². The number of isocyanates is 4. The van der Waals surface area contributed by atoms with E-state index in [0.717, 1.165) is 0 Å². The van der Waals surface area contributed by atoms with Gasteiger partial charge in [-0.05, 0) is 0 Å². The zero-order chi connectivity index (χ0) is 28.5. The Labute approximate surface area is 263 Å². The van der Waals surface area contributed by atoms with Crippen molar-refractivity contribution in [3.8, 4) is 0 Å². The third-order valence-electron chi connectivity index (χ3n) is 2.33. The number of rotatable bonds is 8. The second kappa shape index (κ2) is 71.2. The molecule has 20 heteroatoms. The number of nitrogens with zero attached hydrogens (tertiary/aromatic N) is 4. The van der Waals surface area contributed by atoms with Crippen LogP contribution in [0.1, 0.15) is 59.4 Å². The summed E-state index contributed by atoms with van der Waals surface area (Å²) in [7, 11) is 5.45. The largest absolute Gasteiger partial charge is 0.453 e. The van der Waals surface area contributed by atoms with Gasteiger partial charge in [0.05, 0.1) is 27.6 Å². The van der Waals surface area contributed by atoms with E-state index in [-0.39, 0.29) is 98.2 Å². The summed E-state index contributed by atoms with van der Waals surface area (Å²) in [6.07, 6.45) is 3.60. The van der Waals surface area contributed by atoms with Crippen molar-refractivity contribution in [1.29, 1.82) is 0 Å². The van der Waals surface area contributed by atoms with Crippen LogP contribution in [-0.4, -0.2) is 104 Å². The van der Waals surface area contributed by atoms with Gasteiger partial charge in [0.2, 0.25) is 24.3 Å². The Kier molecular flexibility index (Phi) is 125. The molecule has 0 bridgehead atoms. The van der Waals surface area contributed by atoms with Gasteiger partial charge in [-0.25, -0.2) is 38.4 Å². The first-order valence-electron chi connectivity index (χ1n) is 8.93. The number of hydrogen-bond donors (Lipinski definition) is 6. The lowest BCUT2D eigenvalue weighted by atomic mass is 10.8. The molecular formula is C24H58N10O10. The van der Waals surface area contributed by atoms with E-state index in [9.17, 15) is 38.4 Å². The Balaban J connectivity index is -0.0000000298. The highest BCUT2D eigenvalue weighted by Crippen LogP contribution is 1.70. The van der Waals surface area contributed by atoms with E-state index >= 15 is 0 Å². The highest BCUT2D eigenvalue weighted by atomic mass is 16.5. The van der Waals surface area contributed by atoms with Crippen LogP contribution in [0, 0.1) is 0 Å². The van der Waals surface area contributed by atoms with Crippen molar-refractivity contribution < 1.29 is 47.8 Å². The van der Waals surface area contributed by atoms with Crippen molar-refractivity contribution in [3.05, 3.63) is 0 Å². The fraction of sp³-hybridized carbons (Fsp3) is 0.667. The molecule has 0 unspecified atom stereocenters. The standard InChI is InChI=1S/C5H12N4O2.C5H10N2O4.2C3H2N2O2.8CH4/c1-6-4(10)8-3-9-5(11)7-2;1-10-4(8)6-3-7-5(9)11-2;2*6-2-4-1-5-3-7;;;;;;;;/h3H2,1-2H3,(H2,6,8,10)(H2,7,9,11);3H2,1-2H3,(H,6,8)(H,7,9);2*1H2;8*1H4. The van der Waals surface area contributed by atoms with Crippen LogP contribution in [-0.2, 0) is 28.7 Å². The molecule has 6 amide bonds. The number of aliphatic imine (C=N–C) groups is 4. The molecule has 0 aliphatic carbocycles. The number of methoxy groups -OCH3 is 2. The molecule has 0 heterocycles. The number of hydrogen-bond acceptors (Lipinski definition) is 14. The third-order valence-corrected chi connectivity index (χ3v) is 2.33. The molecule has 0 rings (SSSR count). The first-order chi connectivity index (χ1) is 17.2. The van der Waals surface area contributed by atoms with E-state index in [1.165, 1.54) is 52.6 Å². The van der Waals surface area contributed by atoms with E-state index in [1.807, 2.05) is 0 Å². The van der Waals surface area contributed by atoms with Gasteiger partial charge in [0.1, 0.15) is 0 Å². The fourth-order valence-corrected chi connectivity index (χ4v) is 0.901. The summed E-state index contributed by atoms with van der Waals surface area (Å²) < 4.78 is 8.45. The Morgan fingerprint density at radius 1 is 0.500 bits per heavy atom. The maximum Gasteiger partial charge on any atom is 0.408 e. The Morgan fingerprint density at radius 2 is 0.727 bits per heavy atom. The van der Waals surface area contributed by atoms with Gasteiger partial charge < -0.3 is 41.4 Å². The first-order valence-corrected chi connectivity index (χ1v) is 8.93. The molecule has 0 aromatic heterocycles. The Morgan fingerprint density at radius 3 is 0.909 bits per heavy atom. The van der Waals surface area contributed by atoms with Crippen LogP contribution in [0.25, 0.3) is 0 Å². The minimum Gasteiger partial charge on any atom is -0.453 e. The molecule has 0 radical (unpaired) electrons. The van der Waals surface area contributed by atoms with Gasteiger partial charge in [-0.2, -0.15) is 20.0 Å². The van der Waals surface area contributed by atoms with Crippen molar-refractivity contribution in [2.45, 2.75) is 59.4 Å². The molecule has 0 aromatic carbocycles. The zero-order valence-electron chi connectivity index (χ0n) is 19.7. The van der Waals surface area contributed by atoms with E-state index in [4.69, 9.17) is 0 Å². The highest BCUT2D eigenvalue weighted by molar-refractivity contribution is 5.76. The predicted octanol–water partition coefficient (Wildman–Crippen LogP) is 2.78. The highest BCUT2D eigenvalue weighted by Gasteiger charge is 1.99.